The number of aromatic nitrogens is 5. The maximum atomic E-state index is 13.1. The van der Waals surface area contributed by atoms with Crippen LogP contribution in [0.15, 0.2) is 64.7 Å². The quantitative estimate of drug-likeness (QED) is 0.188. The fraction of sp³-hybridized carbons (Fsp3) is 0.185. The second-order valence-corrected chi connectivity index (χ2v) is 9.16. The van der Waals surface area contributed by atoms with Gasteiger partial charge in [0.05, 0.1) is 16.5 Å². The second-order valence-electron chi connectivity index (χ2n) is 9.16. The molecule has 0 radical (unpaired) electrons. The Kier molecular flexibility index (Phi) is 6.20. The summed E-state index contributed by atoms with van der Waals surface area (Å²) in [6.07, 6.45) is 1.58. The Labute approximate surface area is 225 Å². The summed E-state index contributed by atoms with van der Waals surface area (Å²) < 4.78 is 12.5. The van der Waals surface area contributed by atoms with Gasteiger partial charge in [-0.25, -0.2) is 24.7 Å². The molecule has 13 heteroatoms. The number of fused-ring (bicyclic) bond motifs is 2. The van der Waals surface area contributed by atoms with Gasteiger partial charge in [-0.15, -0.1) is 0 Å². The highest BCUT2D eigenvalue weighted by molar-refractivity contribution is 5.97. The molecule has 0 aliphatic carbocycles. The number of nitrogens with two attached hydrogens (primary N) is 1. The molecule has 1 saturated heterocycles. The number of nitrogens with one attached hydrogen (secondary N) is 1. The average molecular weight is 540 g/mol. The molecule has 5 aromatic rings. The van der Waals surface area contributed by atoms with Crippen molar-refractivity contribution in [1.29, 1.82) is 0 Å². The number of amides is 1. The van der Waals surface area contributed by atoms with Crippen molar-refractivity contribution in [3.05, 3.63) is 82.6 Å². The van der Waals surface area contributed by atoms with Crippen LogP contribution in [0, 0.1) is 18.8 Å². The Morgan fingerprint density at radius 3 is 2.70 bits per heavy atom. The van der Waals surface area contributed by atoms with Crippen molar-refractivity contribution in [3.8, 4) is 11.8 Å². The summed E-state index contributed by atoms with van der Waals surface area (Å²) in [4.78, 5) is 41.0. The minimum atomic E-state index is -1.57. The number of aliphatic hydroxyl groups excluding tert-OH is 2. The zero-order valence-corrected chi connectivity index (χ0v) is 20.8. The van der Waals surface area contributed by atoms with Gasteiger partial charge in [0.1, 0.15) is 41.9 Å². The molecule has 0 saturated carbocycles. The molecule has 1 aliphatic heterocycles. The second kappa shape index (κ2) is 9.86. The zero-order valence-electron chi connectivity index (χ0n) is 20.8. The standard InChI is InChI=1S/C27H21N7O6/c1-13-6-19(35)39-18-7-16(4-5-17(13)18)33-26(38)23-21(36)22(37)27(40-23)34-10-15(3-2-14-8-29-11-30-9-14)20-24(28)31-12-32-25(20)34/h4-12,21-23,27,36-37H,1H3,(H,33,38)(H2,28,31,32)/t21-,22+,23-,27+/m0/s1. The molecule has 6 rings (SSSR count). The lowest BCUT2D eigenvalue weighted by Gasteiger charge is -2.17. The molecule has 200 valence electrons. The molecule has 4 aromatic heterocycles. The van der Waals surface area contributed by atoms with Crippen LogP contribution in [0.1, 0.15) is 22.9 Å². The Morgan fingerprint density at radius 2 is 1.90 bits per heavy atom. The van der Waals surface area contributed by atoms with Crippen molar-refractivity contribution in [2.75, 3.05) is 11.1 Å². The monoisotopic (exact) mass is 539 g/mol. The zero-order chi connectivity index (χ0) is 28.0. The number of nitrogens with zero attached hydrogens (tertiary/aromatic N) is 5. The Bertz CT molecular complexity index is 1890. The molecular weight excluding hydrogens is 518 g/mol. The fourth-order valence-corrected chi connectivity index (χ4v) is 4.62. The fourth-order valence-electron chi connectivity index (χ4n) is 4.62. The molecule has 40 heavy (non-hydrogen) atoms. The number of carbonyl (C=O) groups excluding carboxylic acids is 1. The van der Waals surface area contributed by atoms with E-state index in [1.165, 1.54) is 29.4 Å². The third-order valence-corrected chi connectivity index (χ3v) is 6.53. The van der Waals surface area contributed by atoms with E-state index in [1.807, 2.05) is 0 Å². The van der Waals surface area contributed by atoms with E-state index >= 15 is 0 Å². The Balaban J connectivity index is 1.30. The molecule has 0 spiro atoms. The number of benzene rings is 1. The van der Waals surface area contributed by atoms with Crippen molar-refractivity contribution >= 4 is 39.4 Å². The molecule has 0 bridgehead atoms. The van der Waals surface area contributed by atoms with E-state index in [9.17, 15) is 19.8 Å². The van der Waals surface area contributed by atoms with Crippen LogP contribution < -0.4 is 16.7 Å². The van der Waals surface area contributed by atoms with Gasteiger partial charge >= 0.3 is 5.63 Å². The predicted octanol–water partition coefficient (Wildman–Crippen LogP) is 0.876. The number of carbonyl (C=O) groups is 1. The van der Waals surface area contributed by atoms with Gasteiger partial charge in [0.25, 0.3) is 5.91 Å². The maximum absolute atomic E-state index is 13.1. The van der Waals surface area contributed by atoms with Crippen LogP contribution >= 0.6 is 0 Å². The maximum Gasteiger partial charge on any atom is 0.336 e. The summed E-state index contributed by atoms with van der Waals surface area (Å²) >= 11 is 0. The first-order valence-electron chi connectivity index (χ1n) is 12.0. The van der Waals surface area contributed by atoms with Crippen molar-refractivity contribution in [1.82, 2.24) is 24.5 Å². The number of nitrogen functional groups attached to an aromatic ring is 1. The van der Waals surface area contributed by atoms with Gasteiger partial charge in [-0.1, -0.05) is 11.8 Å². The van der Waals surface area contributed by atoms with Gasteiger partial charge < -0.3 is 35.0 Å². The molecule has 1 aliphatic rings. The van der Waals surface area contributed by atoms with E-state index < -0.39 is 36.1 Å². The first-order valence-corrected chi connectivity index (χ1v) is 12.0. The number of hydrogen-bond donors (Lipinski definition) is 4. The van der Waals surface area contributed by atoms with Gasteiger partial charge in [-0.2, -0.15) is 0 Å². The summed E-state index contributed by atoms with van der Waals surface area (Å²) in [6, 6.07) is 6.21. The number of hydrogen-bond acceptors (Lipinski definition) is 11. The third kappa shape index (κ3) is 4.41. The Morgan fingerprint density at radius 1 is 1.10 bits per heavy atom. The van der Waals surface area contributed by atoms with Crippen LogP contribution in [0.2, 0.25) is 0 Å². The number of aryl methyl sites for hydroxylation is 1. The highest BCUT2D eigenvalue weighted by atomic mass is 16.6. The normalized spacial score (nSPS) is 20.4. The molecular formula is C27H21N7O6. The van der Waals surface area contributed by atoms with Crippen LogP contribution in [0.5, 0.6) is 0 Å². The largest absolute Gasteiger partial charge is 0.423 e. The topological polar surface area (TPSA) is 192 Å². The summed E-state index contributed by atoms with van der Waals surface area (Å²) in [5.41, 5.74) is 8.23. The summed E-state index contributed by atoms with van der Waals surface area (Å²) in [5.74, 6) is 5.36. The van der Waals surface area contributed by atoms with Crippen molar-refractivity contribution in [2.24, 2.45) is 0 Å². The smallest absolute Gasteiger partial charge is 0.336 e. The minimum Gasteiger partial charge on any atom is -0.423 e. The van der Waals surface area contributed by atoms with E-state index in [4.69, 9.17) is 14.9 Å². The van der Waals surface area contributed by atoms with Gasteiger partial charge in [-0.3, -0.25) is 4.79 Å². The van der Waals surface area contributed by atoms with Gasteiger partial charge in [0, 0.05) is 41.8 Å². The minimum absolute atomic E-state index is 0.151. The van der Waals surface area contributed by atoms with Gasteiger partial charge in [0.15, 0.2) is 12.3 Å². The molecule has 5 N–H and O–H groups in total. The van der Waals surface area contributed by atoms with E-state index in [0.717, 1.165) is 5.56 Å². The van der Waals surface area contributed by atoms with E-state index in [2.05, 4.69) is 37.1 Å². The van der Waals surface area contributed by atoms with Crippen molar-refractivity contribution in [2.45, 2.75) is 31.5 Å². The first-order chi connectivity index (χ1) is 19.3. The van der Waals surface area contributed by atoms with Crippen LogP contribution in [-0.4, -0.2) is 58.9 Å². The molecule has 13 nitrogen and oxygen atoms in total. The molecule has 1 aromatic carbocycles. The summed E-state index contributed by atoms with van der Waals surface area (Å²) in [7, 11) is 0. The van der Waals surface area contributed by atoms with Crippen LogP contribution in [0.3, 0.4) is 0 Å². The summed E-state index contributed by atoms with van der Waals surface area (Å²) in [5, 5.41) is 25.4. The SMILES string of the molecule is Cc1cc(=O)oc2cc(NC(=O)[C@H]3O[C@@H](n4cc(C#Cc5cncnc5)c5c(N)ncnc54)[C@H](O)[C@@H]3O)ccc12. The molecule has 1 amide bonds. The Hall–Kier alpha value is -5.16. The predicted molar refractivity (Wildman–Crippen MR) is 142 cm³/mol. The summed E-state index contributed by atoms with van der Waals surface area (Å²) in [6.45, 7) is 1.78. The third-order valence-electron chi connectivity index (χ3n) is 6.53. The molecule has 1 fully saturated rings. The average Bonchev–Trinajstić information content (AvgIpc) is 3.45. The first kappa shape index (κ1) is 25.1. The lowest BCUT2D eigenvalue weighted by atomic mass is 10.1. The molecule has 0 unspecified atom stereocenters. The highest BCUT2D eigenvalue weighted by Gasteiger charge is 2.48. The van der Waals surface area contributed by atoms with Crippen LogP contribution in [-0.2, 0) is 9.53 Å². The van der Waals surface area contributed by atoms with E-state index in [1.54, 1.807) is 37.6 Å². The van der Waals surface area contributed by atoms with Gasteiger partial charge in [0.2, 0.25) is 0 Å². The number of anilines is 2. The molecule has 5 heterocycles. The van der Waals surface area contributed by atoms with Crippen LogP contribution in [0.4, 0.5) is 11.5 Å². The van der Waals surface area contributed by atoms with Crippen LogP contribution in [0.25, 0.3) is 22.0 Å². The lowest BCUT2D eigenvalue weighted by molar-refractivity contribution is -0.132. The number of aliphatic hydroxyl groups is 2. The lowest BCUT2D eigenvalue weighted by Crippen LogP contribution is -2.39. The number of rotatable bonds is 3. The molecule has 4 atom stereocenters. The van der Waals surface area contributed by atoms with E-state index in [-0.39, 0.29) is 5.82 Å². The highest BCUT2D eigenvalue weighted by Crippen LogP contribution is 2.35. The number of ether oxygens (including phenoxy) is 1. The van der Waals surface area contributed by atoms with Gasteiger partial charge in [-0.05, 0) is 24.6 Å². The van der Waals surface area contributed by atoms with Crippen molar-refractivity contribution < 1.29 is 24.2 Å². The van der Waals surface area contributed by atoms with Crippen molar-refractivity contribution in [3.63, 3.8) is 0 Å². The van der Waals surface area contributed by atoms with E-state index in [0.29, 0.717) is 38.8 Å².